The fraction of sp³-hybridized carbons (Fsp3) is 0.136. The number of hydrogen-bond acceptors (Lipinski definition) is 8. The summed E-state index contributed by atoms with van der Waals surface area (Å²) < 4.78 is 25.7. The predicted octanol–water partition coefficient (Wildman–Crippen LogP) is 5.67. The van der Waals surface area contributed by atoms with Crippen molar-refractivity contribution in [3.63, 3.8) is 0 Å². The summed E-state index contributed by atoms with van der Waals surface area (Å²) in [4.78, 5) is 20.7. The molecule has 0 saturated heterocycles. The van der Waals surface area contributed by atoms with Crippen molar-refractivity contribution in [2.45, 2.75) is 13.5 Å². The van der Waals surface area contributed by atoms with Crippen LogP contribution in [0.4, 0.5) is 21.5 Å². The van der Waals surface area contributed by atoms with Gasteiger partial charge in [-0.15, -0.1) is 0 Å². The van der Waals surface area contributed by atoms with Crippen LogP contribution in [0.2, 0.25) is 0 Å². The maximum Gasteiger partial charge on any atom is 0.301 e. The Hall–Kier alpha value is -3.81. The van der Waals surface area contributed by atoms with Crippen molar-refractivity contribution in [1.29, 1.82) is 0 Å². The second-order valence-electron chi connectivity index (χ2n) is 6.77. The van der Waals surface area contributed by atoms with E-state index in [9.17, 15) is 24.6 Å². The number of hydrazone groups is 1. The van der Waals surface area contributed by atoms with Gasteiger partial charge < -0.3 is 9.47 Å². The Morgan fingerprint density at radius 3 is 2.56 bits per heavy atom. The lowest BCUT2D eigenvalue weighted by molar-refractivity contribution is -0.393. The molecule has 0 aromatic heterocycles. The van der Waals surface area contributed by atoms with E-state index in [1.165, 1.54) is 24.4 Å². The van der Waals surface area contributed by atoms with Gasteiger partial charge in [0.25, 0.3) is 5.69 Å². The number of non-ortho nitro benzene ring substituents is 1. The summed E-state index contributed by atoms with van der Waals surface area (Å²) in [5.74, 6) is 0.588. The second-order valence-corrected chi connectivity index (χ2v) is 7.93. The van der Waals surface area contributed by atoms with Crippen molar-refractivity contribution in [1.82, 2.24) is 0 Å². The molecule has 0 atom stereocenters. The van der Waals surface area contributed by atoms with Crippen LogP contribution >= 0.6 is 22.6 Å². The fourth-order valence-electron chi connectivity index (χ4n) is 2.90. The molecule has 0 aliphatic carbocycles. The van der Waals surface area contributed by atoms with Gasteiger partial charge in [-0.05, 0) is 71.0 Å². The summed E-state index contributed by atoms with van der Waals surface area (Å²) in [5.41, 5.74) is 2.95. The minimum Gasteiger partial charge on any atom is -0.490 e. The maximum atomic E-state index is 13.4. The van der Waals surface area contributed by atoms with Crippen molar-refractivity contribution < 1.29 is 23.7 Å². The van der Waals surface area contributed by atoms with Crippen LogP contribution in [0.25, 0.3) is 0 Å². The highest BCUT2D eigenvalue weighted by atomic mass is 127. The summed E-state index contributed by atoms with van der Waals surface area (Å²) >= 11 is 2.07. The van der Waals surface area contributed by atoms with Crippen LogP contribution in [0.3, 0.4) is 0 Å². The number of nitrogens with zero attached hydrogens (tertiary/aromatic N) is 3. The number of hydrogen-bond donors (Lipinski definition) is 1. The SMILES string of the molecule is CCOc1cc(/C=N/Nc2ccc([N+](=O)[O-])cc2[N+](=O)[O-])cc(I)c1OCc1cccc(F)c1. The number of rotatable bonds is 10. The van der Waals surface area contributed by atoms with Crippen LogP contribution in [-0.4, -0.2) is 22.7 Å². The lowest BCUT2D eigenvalue weighted by Crippen LogP contribution is -2.03. The van der Waals surface area contributed by atoms with E-state index in [1.54, 1.807) is 24.3 Å². The van der Waals surface area contributed by atoms with E-state index < -0.39 is 21.2 Å². The zero-order valence-corrected chi connectivity index (χ0v) is 19.9. The lowest BCUT2D eigenvalue weighted by atomic mass is 10.2. The van der Waals surface area contributed by atoms with Crippen molar-refractivity contribution in [3.8, 4) is 11.5 Å². The van der Waals surface area contributed by atoms with E-state index >= 15 is 0 Å². The van der Waals surface area contributed by atoms with Gasteiger partial charge in [0, 0.05) is 6.07 Å². The van der Waals surface area contributed by atoms with Gasteiger partial charge in [-0.1, -0.05) is 12.1 Å². The molecule has 3 aromatic carbocycles. The van der Waals surface area contributed by atoms with Crippen molar-refractivity contribution in [3.05, 3.63) is 95.3 Å². The van der Waals surface area contributed by atoms with Gasteiger partial charge in [0.15, 0.2) is 11.5 Å². The number of benzene rings is 3. The standard InChI is InChI=1S/C22H18FIN4O6/c1-2-33-21-10-15(9-18(24)22(21)34-13-14-4-3-5-16(23)8-14)12-25-26-19-7-6-17(27(29)30)11-20(19)28(31)32/h3-12,26H,2,13H2,1H3/b25-12+. The first-order valence-electron chi connectivity index (χ1n) is 9.84. The first-order valence-corrected chi connectivity index (χ1v) is 10.9. The zero-order valence-electron chi connectivity index (χ0n) is 17.7. The summed E-state index contributed by atoms with van der Waals surface area (Å²) in [6.45, 7) is 2.34. The quantitative estimate of drug-likeness (QED) is 0.142. The molecule has 0 heterocycles. The van der Waals surface area contributed by atoms with E-state index in [0.717, 1.165) is 12.1 Å². The zero-order chi connectivity index (χ0) is 24.7. The number of ether oxygens (including phenoxy) is 2. The Labute approximate surface area is 206 Å². The Kier molecular flexibility index (Phi) is 8.29. The van der Waals surface area contributed by atoms with E-state index in [-0.39, 0.29) is 18.1 Å². The average Bonchev–Trinajstić information content (AvgIpc) is 2.78. The van der Waals surface area contributed by atoms with Gasteiger partial charge in [-0.3, -0.25) is 25.7 Å². The summed E-state index contributed by atoms with van der Waals surface area (Å²) in [6.07, 6.45) is 1.42. The average molecular weight is 580 g/mol. The van der Waals surface area contributed by atoms with Gasteiger partial charge >= 0.3 is 5.69 Å². The highest BCUT2D eigenvalue weighted by Crippen LogP contribution is 2.35. The van der Waals surface area contributed by atoms with Crippen LogP contribution in [0.1, 0.15) is 18.1 Å². The first kappa shape index (κ1) is 24.8. The van der Waals surface area contributed by atoms with E-state index in [2.05, 4.69) is 33.1 Å². The van der Waals surface area contributed by atoms with Gasteiger partial charge in [-0.25, -0.2) is 4.39 Å². The van der Waals surface area contributed by atoms with Gasteiger partial charge in [-0.2, -0.15) is 5.10 Å². The Morgan fingerprint density at radius 1 is 1.09 bits per heavy atom. The monoisotopic (exact) mass is 580 g/mol. The van der Waals surface area contributed by atoms with Gasteiger partial charge in [0.1, 0.15) is 18.1 Å². The lowest BCUT2D eigenvalue weighted by Gasteiger charge is -2.15. The molecular weight excluding hydrogens is 562 g/mol. The topological polar surface area (TPSA) is 129 Å². The third-order valence-corrected chi connectivity index (χ3v) is 5.19. The van der Waals surface area contributed by atoms with Crippen LogP contribution in [0, 0.1) is 29.6 Å². The Morgan fingerprint density at radius 2 is 1.88 bits per heavy atom. The highest BCUT2D eigenvalue weighted by molar-refractivity contribution is 14.1. The predicted molar refractivity (Wildman–Crippen MR) is 132 cm³/mol. The summed E-state index contributed by atoms with van der Waals surface area (Å²) in [5, 5.41) is 26.1. The van der Waals surface area contributed by atoms with Crippen molar-refractivity contribution >= 4 is 45.9 Å². The van der Waals surface area contributed by atoms with Crippen LogP contribution in [0.5, 0.6) is 11.5 Å². The molecule has 12 heteroatoms. The van der Waals surface area contributed by atoms with E-state index in [4.69, 9.17) is 9.47 Å². The molecule has 0 fully saturated rings. The molecule has 0 spiro atoms. The number of anilines is 1. The third kappa shape index (κ3) is 6.37. The number of nitro groups is 2. The van der Waals surface area contributed by atoms with Crippen molar-refractivity contribution in [2.24, 2.45) is 5.10 Å². The number of nitro benzene ring substituents is 2. The Bertz CT molecular complexity index is 1250. The minimum atomic E-state index is -0.730. The molecule has 0 radical (unpaired) electrons. The molecule has 34 heavy (non-hydrogen) atoms. The van der Waals surface area contributed by atoms with Gasteiger partial charge in [0.05, 0.1) is 32.3 Å². The Balaban J connectivity index is 1.80. The molecular formula is C22H18FIN4O6. The van der Waals surface area contributed by atoms with Crippen LogP contribution < -0.4 is 14.9 Å². The molecule has 0 amide bonds. The largest absolute Gasteiger partial charge is 0.490 e. The molecule has 0 bridgehead atoms. The van der Waals surface area contributed by atoms with E-state index in [0.29, 0.717) is 32.8 Å². The molecule has 0 aliphatic rings. The smallest absolute Gasteiger partial charge is 0.301 e. The third-order valence-electron chi connectivity index (χ3n) is 4.39. The molecule has 1 N–H and O–H groups in total. The molecule has 0 saturated carbocycles. The normalized spacial score (nSPS) is 10.8. The summed E-state index contributed by atoms with van der Waals surface area (Å²) in [7, 11) is 0. The van der Waals surface area contributed by atoms with Crippen LogP contribution in [-0.2, 0) is 6.61 Å². The highest BCUT2D eigenvalue weighted by Gasteiger charge is 2.19. The molecule has 3 rings (SSSR count). The van der Waals surface area contributed by atoms with Gasteiger partial charge in [0.2, 0.25) is 0 Å². The number of nitrogens with one attached hydrogen (secondary N) is 1. The number of halogens is 2. The van der Waals surface area contributed by atoms with E-state index in [1.807, 2.05) is 6.92 Å². The van der Waals surface area contributed by atoms with Crippen molar-refractivity contribution in [2.75, 3.05) is 12.0 Å². The summed E-state index contributed by atoms with van der Waals surface area (Å²) in [6, 6.07) is 12.8. The molecule has 0 unspecified atom stereocenters. The minimum absolute atomic E-state index is 0.00151. The maximum absolute atomic E-state index is 13.4. The molecule has 10 nitrogen and oxygen atoms in total. The molecule has 176 valence electrons. The second kappa shape index (κ2) is 11.4. The fourth-order valence-corrected chi connectivity index (χ4v) is 3.68. The first-order chi connectivity index (χ1) is 16.3. The van der Waals surface area contributed by atoms with Crippen LogP contribution in [0.15, 0.2) is 59.7 Å². The molecule has 0 aliphatic heterocycles. The molecule has 3 aromatic rings.